The molecule has 0 radical (unpaired) electrons. The van der Waals surface area contributed by atoms with Crippen LogP contribution in [-0.2, 0) is 0 Å². The average molecular weight is 282 g/mol. The molecule has 0 atom stereocenters. The van der Waals surface area contributed by atoms with Gasteiger partial charge in [0.25, 0.3) is 0 Å². The van der Waals surface area contributed by atoms with E-state index in [0.717, 1.165) is 23.3 Å². The summed E-state index contributed by atoms with van der Waals surface area (Å²) in [4.78, 5) is 0. The average Bonchev–Trinajstić information content (AvgIpc) is 2.41. The van der Waals surface area contributed by atoms with E-state index in [-0.39, 0.29) is 18.2 Å². The van der Waals surface area contributed by atoms with Crippen LogP contribution in [0.25, 0.3) is 11.1 Å². The van der Waals surface area contributed by atoms with E-state index < -0.39 is 0 Å². The Morgan fingerprint density at radius 2 is 1.68 bits per heavy atom. The highest BCUT2D eigenvalue weighted by Gasteiger charge is 2.05. The van der Waals surface area contributed by atoms with Crippen molar-refractivity contribution < 1.29 is 9.13 Å². The van der Waals surface area contributed by atoms with Crippen molar-refractivity contribution in [3.63, 3.8) is 0 Å². The Morgan fingerprint density at radius 1 is 1.00 bits per heavy atom. The highest BCUT2D eigenvalue weighted by atomic mass is 35.5. The molecule has 0 aliphatic heterocycles. The zero-order chi connectivity index (χ0) is 12.8. The molecule has 0 aliphatic rings. The Kier molecular flexibility index (Phi) is 6.33. The number of halogens is 2. The fraction of sp³-hybridized carbons (Fsp3) is 0.200. The summed E-state index contributed by atoms with van der Waals surface area (Å²) < 4.78 is 18.6. The second-order valence-electron chi connectivity index (χ2n) is 3.99. The predicted molar refractivity (Wildman–Crippen MR) is 78.3 cm³/mol. The summed E-state index contributed by atoms with van der Waals surface area (Å²) in [5.41, 5.74) is 7.35. The maximum Gasteiger partial charge on any atom is 0.127 e. The van der Waals surface area contributed by atoms with E-state index >= 15 is 0 Å². The summed E-state index contributed by atoms with van der Waals surface area (Å²) in [5, 5.41) is 0. The van der Waals surface area contributed by atoms with Crippen LogP contribution in [0.2, 0.25) is 0 Å². The quantitative estimate of drug-likeness (QED) is 0.849. The first kappa shape index (κ1) is 15.5. The van der Waals surface area contributed by atoms with Crippen molar-refractivity contribution in [3.05, 3.63) is 54.3 Å². The van der Waals surface area contributed by atoms with Crippen LogP contribution in [0.15, 0.2) is 48.5 Å². The molecule has 4 heteroatoms. The van der Waals surface area contributed by atoms with Crippen LogP contribution in [0, 0.1) is 5.82 Å². The summed E-state index contributed by atoms with van der Waals surface area (Å²) in [6, 6.07) is 14.1. The summed E-state index contributed by atoms with van der Waals surface area (Å²) in [5.74, 6) is 0.567. The van der Waals surface area contributed by atoms with Crippen LogP contribution in [0.4, 0.5) is 4.39 Å². The SMILES string of the molecule is Cl.NCCCOc1ccccc1-c1ccc(F)cc1. The van der Waals surface area contributed by atoms with Gasteiger partial charge in [-0.3, -0.25) is 0 Å². The first-order valence-corrected chi connectivity index (χ1v) is 5.99. The zero-order valence-electron chi connectivity index (χ0n) is 10.5. The smallest absolute Gasteiger partial charge is 0.127 e. The Balaban J connectivity index is 0.00000180. The largest absolute Gasteiger partial charge is 0.493 e. The highest BCUT2D eigenvalue weighted by molar-refractivity contribution is 5.85. The monoisotopic (exact) mass is 281 g/mol. The molecule has 0 unspecified atom stereocenters. The van der Waals surface area contributed by atoms with E-state index in [0.29, 0.717) is 13.2 Å². The standard InChI is InChI=1S/C15H16FNO.ClH/c16-13-8-6-12(7-9-13)14-4-1-2-5-15(14)18-11-3-10-17;/h1-2,4-9H,3,10-11,17H2;1H. The first-order valence-electron chi connectivity index (χ1n) is 5.99. The Labute approximate surface area is 118 Å². The number of para-hydroxylation sites is 1. The third-order valence-electron chi connectivity index (χ3n) is 2.65. The number of benzene rings is 2. The number of nitrogens with two attached hydrogens (primary N) is 1. The lowest BCUT2D eigenvalue weighted by Crippen LogP contribution is -2.06. The topological polar surface area (TPSA) is 35.2 Å². The Hall–Kier alpha value is -1.58. The fourth-order valence-corrected chi connectivity index (χ4v) is 1.73. The van der Waals surface area contributed by atoms with Gasteiger partial charge in [0.15, 0.2) is 0 Å². The van der Waals surface area contributed by atoms with Crippen molar-refractivity contribution >= 4 is 12.4 Å². The van der Waals surface area contributed by atoms with Crippen LogP contribution < -0.4 is 10.5 Å². The maximum absolute atomic E-state index is 12.9. The van der Waals surface area contributed by atoms with E-state index in [1.807, 2.05) is 24.3 Å². The molecule has 0 spiro atoms. The zero-order valence-corrected chi connectivity index (χ0v) is 11.3. The molecule has 0 aromatic heterocycles. The molecule has 19 heavy (non-hydrogen) atoms. The summed E-state index contributed by atoms with van der Waals surface area (Å²) >= 11 is 0. The molecular weight excluding hydrogens is 265 g/mol. The Bertz CT molecular complexity index is 502. The Morgan fingerprint density at radius 3 is 2.37 bits per heavy atom. The fourth-order valence-electron chi connectivity index (χ4n) is 1.73. The molecular formula is C15H17ClFNO. The van der Waals surface area contributed by atoms with Gasteiger partial charge in [-0.1, -0.05) is 30.3 Å². The molecule has 0 fully saturated rings. The van der Waals surface area contributed by atoms with Crippen molar-refractivity contribution in [1.29, 1.82) is 0 Å². The molecule has 0 aliphatic carbocycles. The molecule has 2 aromatic rings. The summed E-state index contributed by atoms with van der Waals surface area (Å²) in [7, 11) is 0. The van der Waals surface area contributed by atoms with Gasteiger partial charge in [0.2, 0.25) is 0 Å². The van der Waals surface area contributed by atoms with Gasteiger partial charge in [0, 0.05) is 5.56 Å². The normalized spacial score (nSPS) is 9.79. The minimum Gasteiger partial charge on any atom is -0.493 e. The third-order valence-corrected chi connectivity index (χ3v) is 2.65. The first-order chi connectivity index (χ1) is 8.81. The summed E-state index contributed by atoms with van der Waals surface area (Å²) in [6.45, 7) is 1.20. The number of hydrogen-bond acceptors (Lipinski definition) is 2. The molecule has 0 saturated heterocycles. The number of rotatable bonds is 5. The van der Waals surface area contributed by atoms with Crippen LogP contribution in [0.3, 0.4) is 0 Å². The second kappa shape index (κ2) is 7.77. The third kappa shape index (κ3) is 4.23. The number of hydrogen-bond donors (Lipinski definition) is 1. The summed E-state index contributed by atoms with van der Waals surface area (Å²) in [6.07, 6.45) is 0.817. The molecule has 2 aromatic carbocycles. The number of ether oxygens (including phenoxy) is 1. The van der Waals surface area contributed by atoms with Crippen LogP contribution in [0.1, 0.15) is 6.42 Å². The lowest BCUT2D eigenvalue weighted by molar-refractivity contribution is 0.314. The van der Waals surface area contributed by atoms with E-state index in [4.69, 9.17) is 10.5 Å². The molecule has 102 valence electrons. The van der Waals surface area contributed by atoms with E-state index in [1.165, 1.54) is 12.1 Å². The molecule has 2 N–H and O–H groups in total. The van der Waals surface area contributed by atoms with Crippen LogP contribution >= 0.6 is 12.4 Å². The minimum absolute atomic E-state index is 0. The van der Waals surface area contributed by atoms with Gasteiger partial charge in [0.1, 0.15) is 11.6 Å². The minimum atomic E-state index is -0.236. The maximum atomic E-state index is 12.9. The van der Waals surface area contributed by atoms with Crippen molar-refractivity contribution in [1.82, 2.24) is 0 Å². The second-order valence-corrected chi connectivity index (χ2v) is 3.99. The van der Waals surface area contributed by atoms with E-state index in [1.54, 1.807) is 12.1 Å². The molecule has 0 heterocycles. The van der Waals surface area contributed by atoms with Crippen molar-refractivity contribution in [3.8, 4) is 16.9 Å². The lowest BCUT2D eigenvalue weighted by Gasteiger charge is -2.11. The van der Waals surface area contributed by atoms with Gasteiger partial charge < -0.3 is 10.5 Å². The van der Waals surface area contributed by atoms with Gasteiger partial charge in [-0.05, 0) is 36.7 Å². The molecule has 2 rings (SSSR count). The lowest BCUT2D eigenvalue weighted by atomic mass is 10.0. The molecule has 0 bridgehead atoms. The van der Waals surface area contributed by atoms with Gasteiger partial charge >= 0.3 is 0 Å². The van der Waals surface area contributed by atoms with E-state index in [9.17, 15) is 4.39 Å². The van der Waals surface area contributed by atoms with Gasteiger partial charge in [0.05, 0.1) is 6.61 Å². The predicted octanol–water partition coefficient (Wildman–Crippen LogP) is 3.64. The van der Waals surface area contributed by atoms with Crippen LogP contribution in [-0.4, -0.2) is 13.2 Å². The molecule has 0 amide bonds. The van der Waals surface area contributed by atoms with E-state index in [2.05, 4.69) is 0 Å². The van der Waals surface area contributed by atoms with Crippen LogP contribution in [0.5, 0.6) is 5.75 Å². The highest BCUT2D eigenvalue weighted by Crippen LogP contribution is 2.29. The van der Waals surface area contributed by atoms with Gasteiger partial charge in [-0.15, -0.1) is 12.4 Å². The van der Waals surface area contributed by atoms with Crippen molar-refractivity contribution in [2.45, 2.75) is 6.42 Å². The van der Waals surface area contributed by atoms with Gasteiger partial charge in [-0.2, -0.15) is 0 Å². The van der Waals surface area contributed by atoms with Gasteiger partial charge in [-0.25, -0.2) is 4.39 Å². The van der Waals surface area contributed by atoms with Crippen molar-refractivity contribution in [2.75, 3.05) is 13.2 Å². The van der Waals surface area contributed by atoms with Crippen molar-refractivity contribution in [2.24, 2.45) is 5.73 Å². The molecule has 0 saturated carbocycles. The molecule has 2 nitrogen and oxygen atoms in total.